The van der Waals surface area contributed by atoms with Gasteiger partial charge < -0.3 is 21.3 Å². The van der Waals surface area contributed by atoms with Gasteiger partial charge in [0.15, 0.2) is 0 Å². The zero-order valence-corrected chi connectivity index (χ0v) is 14.0. The van der Waals surface area contributed by atoms with Gasteiger partial charge in [0.1, 0.15) is 0 Å². The van der Waals surface area contributed by atoms with Crippen molar-refractivity contribution >= 4 is 17.8 Å². The molecule has 1 fully saturated rings. The summed E-state index contributed by atoms with van der Waals surface area (Å²) >= 11 is 0. The van der Waals surface area contributed by atoms with Crippen molar-refractivity contribution in [3.63, 3.8) is 0 Å². The monoisotopic (exact) mass is 332 g/mol. The van der Waals surface area contributed by atoms with Gasteiger partial charge in [0, 0.05) is 24.2 Å². The number of benzene rings is 1. The van der Waals surface area contributed by atoms with Crippen LogP contribution in [-0.2, 0) is 11.3 Å². The Morgan fingerprint density at radius 2 is 1.75 bits per heavy atom. The minimum Gasteiger partial charge on any atom is -0.352 e. The summed E-state index contributed by atoms with van der Waals surface area (Å²) in [7, 11) is 0. The van der Waals surface area contributed by atoms with E-state index >= 15 is 0 Å². The lowest BCUT2D eigenvalue weighted by Gasteiger charge is -2.10. The summed E-state index contributed by atoms with van der Waals surface area (Å²) in [4.78, 5) is 35.0. The molecule has 4 amide bonds. The molecule has 0 atom stereocenters. The first kappa shape index (κ1) is 17.8. The second-order valence-electron chi connectivity index (χ2n) is 6.20. The zero-order chi connectivity index (χ0) is 17.5. The molecule has 0 heterocycles. The third-order valence-corrected chi connectivity index (χ3v) is 3.44. The van der Waals surface area contributed by atoms with Crippen LogP contribution in [0.15, 0.2) is 24.3 Å². The number of amides is 4. The van der Waals surface area contributed by atoms with Gasteiger partial charge in [0.05, 0.1) is 6.54 Å². The molecule has 0 aliphatic heterocycles. The highest BCUT2D eigenvalue weighted by molar-refractivity contribution is 5.96. The van der Waals surface area contributed by atoms with Crippen LogP contribution in [0.2, 0.25) is 0 Å². The zero-order valence-electron chi connectivity index (χ0n) is 14.0. The predicted octanol–water partition coefficient (Wildman–Crippen LogP) is 0.903. The van der Waals surface area contributed by atoms with E-state index in [9.17, 15) is 14.4 Å². The van der Waals surface area contributed by atoms with Gasteiger partial charge in [-0.1, -0.05) is 12.1 Å². The summed E-state index contributed by atoms with van der Waals surface area (Å²) in [6.07, 6.45) is 2.04. The minimum atomic E-state index is -0.294. The largest absolute Gasteiger partial charge is 0.352 e. The maximum atomic E-state index is 12.0. The van der Waals surface area contributed by atoms with Crippen molar-refractivity contribution < 1.29 is 14.4 Å². The van der Waals surface area contributed by atoms with E-state index in [0.29, 0.717) is 12.1 Å². The van der Waals surface area contributed by atoms with E-state index in [1.54, 1.807) is 24.3 Å². The van der Waals surface area contributed by atoms with Gasteiger partial charge in [-0.2, -0.15) is 0 Å². The average Bonchev–Trinajstić information content (AvgIpc) is 3.34. The van der Waals surface area contributed by atoms with Crippen LogP contribution in [0.5, 0.6) is 0 Å². The maximum Gasteiger partial charge on any atom is 0.315 e. The molecular weight excluding hydrogens is 308 g/mol. The smallest absolute Gasteiger partial charge is 0.315 e. The second-order valence-corrected chi connectivity index (χ2v) is 6.20. The molecule has 0 aromatic heterocycles. The lowest BCUT2D eigenvalue weighted by atomic mass is 10.1. The van der Waals surface area contributed by atoms with Crippen LogP contribution in [0.3, 0.4) is 0 Å². The molecule has 2 rings (SSSR count). The number of rotatable bonds is 7. The van der Waals surface area contributed by atoms with E-state index in [0.717, 1.165) is 18.4 Å². The van der Waals surface area contributed by atoms with Crippen molar-refractivity contribution in [1.82, 2.24) is 21.3 Å². The Bertz CT molecular complexity index is 594. The summed E-state index contributed by atoms with van der Waals surface area (Å²) in [6, 6.07) is 7.02. The Morgan fingerprint density at radius 1 is 1.08 bits per heavy atom. The topological polar surface area (TPSA) is 99.3 Å². The molecule has 4 N–H and O–H groups in total. The SMILES string of the molecule is CC(C)NC(=O)NCc1ccc(C(=O)NCC(=O)NC2CC2)cc1. The maximum absolute atomic E-state index is 12.0. The van der Waals surface area contributed by atoms with Crippen LogP contribution in [0.4, 0.5) is 4.79 Å². The number of nitrogens with one attached hydrogen (secondary N) is 4. The summed E-state index contributed by atoms with van der Waals surface area (Å²) in [5.41, 5.74) is 1.36. The molecule has 1 aromatic carbocycles. The summed E-state index contributed by atoms with van der Waals surface area (Å²) < 4.78 is 0. The number of hydrogen-bond donors (Lipinski definition) is 4. The van der Waals surface area contributed by atoms with Crippen molar-refractivity contribution in [3.05, 3.63) is 35.4 Å². The molecule has 1 aromatic rings. The molecule has 0 bridgehead atoms. The van der Waals surface area contributed by atoms with E-state index in [2.05, 4.69) is 21.3 Å². The second kappa shape index (κ2) is 8.33. The number of carbonyl (C=O) groups excluding carboxylic acids is 3. The fraction of sp³-hybridized carbons (Fsp3) is 0.471. The summed E-state index contributed by atoms with van der Waals surface area (Å²) in [6.45, 7) is 4.13. The Labute approximate surface area is 141 Å². The van der Waals surface area contributed by atoms with Gasteiger partial charge >= 0.3 is 6.03 Å². The highest BCUT2D eigenvalue weighted by Crippen LogP contribution is 2.18. The summed E-state index contributed by atoms with van der Waals surface area (Å²) in [5.74, 6) is -0.458. The summed E-state index contributed by atoms with van der Waals surface area (Å²) in [5, 5.41) is 10.9. The minimum absolute atomic E-state index is 0.0198. The Balaban J connectivity index is 1.74. The van der Waals surface area contributed by atoms with Crippen LogP contribution in [0, 0.1) is 0 Å². The van der Waals surface area contributed by atoms with E-state index in [-0.39, 0.29) is 36.5 Å². The Morgan fingerprint density at radius 3 is 2.33 bits per heavy atom. The predicted molar refractivity (Wildman–Crippen MR) is 90.4 cm³/mol. The number of urea groups is 1. The molecule has 1 aliphatic carbocycles. The van der Waals surface area contributed by atoms with E-state index in [1.165, 1.54) is 0 Å². The van der Waals surface area contributed by atoms with Crippen LogP contribution >= 0.6 is 0 Å². The van der Waals surface area contributed by atoms with Crippen molar-refractivity contribution in [2.75, 3.05) is 6.54 Å². The van der Waals surface area contributed by atoms with Crippen molar-refractivity contribution in [2.45, 2.75) is 45.3 Å². The van der Waals surface area contributed by atoms with Crippen LogP contribution in [0.25, 0.3) is 0 Å². The molecule has 0 unspecified atom stereocenters. The molecule has 1 aliphatic rings. The van der Waals surface area contributed by atoms with Crippen molar-refractivity contribution in [1.29, 1.82) is 0 Å². The Hall–Kier alpha value is -2.57. The molecule has 130 valence electrons. The third-order valence-electron chi connectivity index (χ3n) is 3.44. The molecule has 24 heavy (non-hydrogen) atoms. The fourth-order valence-electron chi connectivity index (χ4n) is 2.04. The van der Waals surface area contributed by atoms with Crippen LogP contribution in [0.1, 0.15) is 42.6 Å². The van der Waals surface area contributed by atoms with E-state index < -0.39 is 0 Å². The molecule has 7 heteroatoms. The van der Waals surface area contributed by atoms with Crippen molar-refractivity contribution in [3.8, 4) is 0 Å². The van der Waals surface area contributed by atoms with Gasteiger partial charge in [0.2, 0.25) is 5.91 Å². The number of hydrogen-bond acceptors (Lipinski definition) is 3. The standard InChI is InChI=1S/C17H24N4O3/c1-11(2)20-17(24)19-9-12-3-5-13(6-4-12)16(23)18-10-15(22)21-14-7-8-14/h3-6,11,14H,7-10H2,1-2H3,(H,18,23)(H,21,22)(H2,19,20,24). The van der Waals surface area contributed by atoms with Crippen LogP contribution < -0.4 is 21.3 Å². The molecule has 7 nitrogen and oxygen atoms in total. The first-order valence-corrected chi connectivity index (χ1v) is 8.15. The number of carbonyl (C=O) groups is 3. The normalized spacial score (nSPS) is 13.3. The van der Waals surface area contributed by atoms with Crippen LogP contribution in [-0.4, -0.2) is 36.5 Å². The Kier molecular flexibility index (Phi) is 6.17. The highest BCUT2D eigenvalue weighted by atomic mass is 16.2. The molecule has 0 spiro atoms. The highest BCUT2D eigenvalue weighted by Gasteiger charge is 2.23. The van der Waals surface area contributed by atoms with E-state index in [1.807, 2.05) is 13.8 Å². The van der Waals surface area contributed by atoms with Gasteiger partial charge in [-0.25, -0.2) is 4.79 Å². The lowest BCUT2D eigenvalue weighted by molar-refractivity contribution is -0.120. The van der Waals surface area contributed by atoms with Gasteiger partial charge in [-0.3, -0.25) is 9.59 Å². The molecule has 0 saturated heterocycles. The average molecular weight is 332 g/mol. The third kappa shape index (κ3) is 6.28. The quantitative estimate of drug-likeness (QED) is 0.597. The first-order valence-electron chi connectivity index (χ1n) is 8.15. The lowest BCUT2D eigenvalue weighted by Crippen LogP contribution is -2.39. The first-order chi connectivity index (χ1) is 11.4. The fourth-order valence-corrected chi connectivity index (χ4v) is 2.04. The van der Waals surface area contributed by atoms with E-state index in [4.69, 9.17) is 0 Å². The molecule has 0 radical (unpaired) electrons. The van der Waals surface area contributed by atoms with Gasteiger partial charge in [0.25, 0.3) is 5.91 Å². The van der Waals surface area contributed by atoms with Gasteiger partial charge in [-0.15, -0.1) is 0 Å². The molecule has 1 saturated carbocycles. The van der Waals surface area contributed by atoms with Gasteiger partial charge in [-0.05, 0) is 44.4 Å². The molecular formula is C17H24N4O3. The van der Waals surface area contributed by atoms with Crippen molar-refractivity contribution in [2.24, 2.45) is 0 Å².